The highest BCUT2D eigenvalue weighted by atomic mass is 16.5. The van der Waals surface area contributed by atoms with Gasteiger partial charge in [-0.1, -0.05) is 5.16 Å². The number of carbonyl (C=O) groups is 1. The number of amides is 1. The van der Waals surface area contributed by atoms with Gasteiger partial charge in [-0.15, -0.1) is 0 Å². The number of rotatable bonds is 5. The molecule has 4 aromatic heterocycles. The maximum Gasteiger partial charge on any atom is 0.272 e. The van der Waals surface area contributed by atoms with E-state index in [1.54, 1.807) is 24.5 Å². The Kier molecular flexibility index (Phi) is 3.65. The Morgan fingerprint density at radius 2 is 2.28 bits per heavy atom. The molecule has 0 spiro atoms. The van der Waals surface area contributed by atoms with E-state index in [2.05, 4.69) is 25.7 Å². The maximum absolute atomic E-state index is 12.2. The summed E-state index contributed by atoms with van der Waals surface area (Å²) in [4.78, 5) is 16.4. The number of aromatic nitrogens is 5. The van der Waals surface area contributed by atoms with E-state index in [9.17, 15) is 4.79 Å². The van der Waals surface area contributed by atoms with Gasteiger partial charge in [-0.2, -0.15) is 10.1 Å². The standard InChI is InChI=1S/C16H14N6O3/c1-22-6-2-4-12(22)15-18-14(25-21-15)9-17-16(23)11-8-10(19-20-11)13-5-3-7-24-13/h2-8H,9H2,1H3,(H,17,23)(H,19,20). The van der Waals surface area contributed by atoms with Crippen LogP contribution in [0.2, 0.25) is 0 Å². The Morgan fingerprint density at radius 1 is 1.36 bits per heavy atom. The second-order valence-electron chi connectivity index (χ2n) is 5.34. The van der Waals surface area contributed by atoms with Gasteiger partial charge in [0.05, 0.1) is 18.5 Å². The molecule has 2 N–H and O–H groups in total. The maximum atomic E-state index is 12.2. The van der Waals surface area contributed by atoms with Crippen molar-refractivity contribution < 1.29 is 13.7 Å². The molecule has 0 aliphatic heterocycles. The highest BCUT2D eigenvalue weighted by Crippen LogP contribution is 2.18. The molecule has 25 heavy (non-hydrogen) atoms. The van der Waals surface area contributed by atoms with Crippen LogP contribution in [-0.4, -0.2) is 30.8 Å². The Balaban J connectivity index is 1.41. The first-order valence-electron chi connectivity index (χ1n) is 7.52. The van der Waals surface area contributed by atoms with Gasteiger partial charge in [-0.25, -0.2) is 0 Å². The summed E-state index contributed by atoms with van der Waals surface area (Å²) in [5.41, 5.74) is 1.70. The predicted octanol–water partition coefficient (Wildman–Crippen LogP) is 1.99. The first-order chi connectivity index (χ1) is 12.2. The number of aryl methyl sites for hydroxylation is 1. The minimum absolute atomic E-state index is 0.110. The zero-order valence-electron chi connectivity index (χ0n) is 13.3. The van der Waals surface area contributed by atoms with E-state index in [1.165, 1.54) is 0 Å². The fourth-order valence-corrected chi connectivity index (χ4v) is 2.37. The first kappa shape index (κ1) is 14.9. The quantitative estimate of drug-likeness (QED) is 0.575. The van der Waals surface area contributed by atoms with Gasteiger partial charge in [0.15, 0.2) is 11.5 Å². The molecule has 0 aromatic carbocycles. The van der Waals surface area contributed by atoms with Crippen LogP contribution in [0, 0.1) is 0 Å². The second kappa shape index (κ2) is 6.11. The summed E-state index contributed by atoms with van der Waals surface area (Å²) >= 11 is 0. The summed E-state index contributed by atoms with van der Waals surface area (Å²) in [5, 5.41) is 13.3. The lowest BCUT2D eigenvalue weighted by atomic mass is 10.3. The molecule has 126 valence electrons. The fraction of sp³-hybridized carbons (Fsp3) is 0.125. The average Bonchev–Trinajstić information content (AvgIpc) is 3.37. The topological polar surface area (TPSA) is 115 Å². The summed E-state index contributed by atoms with van der Waals surface area (Å²) in [6.07, 6.45) is 3.44. The molecule has 0 saturated carbocycles. The van der Waals surface area contributed by atoms with Crippen LogP contribution in [0.1, 0.15) is 16.4 Å². The summed E-state index contributed by atoms with van der Waals surface area (Å²) in [6.45, 7) is 0.110. The minimum Gasteiger partial charge on any atom is -0.463 e. The summed E-state index contributed by atoms with van der Waals surface area (Å²) in [5.74, 6) is 1.03. The molecule has 0 radical (unpaired) electrons. The van der Waals surface area contributed by atoms with Crippen LogP contribution in [0.5, 0.6) is 0 Å². The van der Waals surface area contributed by atoms with E-state index in [0.717, 1.165) is 5.69 Å². The van der Waals surface area contributed by atoms with Crippen LogP contribution in [0.25, 0.3) is 23.0 Å². The molecule has 0 aliphatic carbocycles. The molecule has 0 saturated heterocycles. The molecule has 0 bridgehead atoms. The van der Waals surface area contributed by atoms with Gasteiger partial charge in [0.1, 0.15) is 5.69 Å². The molecule has 0 atom stereocenters. The lowest BCUT2D eigenvalue weighted by Gasteiger charge is -1.98. The number of hydrogen-bond donors (Lipinski definition) is 2. The van der Waals surface area contributed by atoms with E-state index in [4.69, 9.17) is 8.94 Å². The molecule has 4 aromatic rings. The van der Waals surface area contributed by atoms with Crippen molar-refractivity contribution in [1.82, 2.24) is 30.2 Å². The van der Waals surface area contributed by atoms with Crippen molar-refractivity contribution in [3.05, 3.63) is 54.4 Å². The lowest BCUT2D eigenvalue weighted by molar-refractivity contribution is 0.0941. The van der Waals surface area contributed by atoms with Crippen LogP contribution in [0.15, 0.2) is 51.7 Å². The van der Waals surface area contributed by atoms with Crippen molar-refractivity contribution in [3.63, 3.8) is 0 Å². The number of hydrogen-bond acceptors (Lipinski definition) is 6. The summed E-state index contributed by atoms with van der Waals surface area (Å²) in [7, 11) is 1.89. The molecule has 4 heterocycles. The smallest absolute Gasteiger partial charge is 0.272 e. The molecule has 0 aliphatic rings. The predicted molar refractivity (Wildman–Crippen MR) is 86.2 cm³/mol. The van der Waals surface area contributed by atoms with Crippen molar-refractivity contribution in [3.8, 4) is 23.0 Å². The van der Waals surface area contributed by atoms with Gasteiger partial charge in [0.2, 0.25) is 11.7 Å². The van der Waals surface area contributed by atoms with Crippen LogP contribution < -0.4 is 5.32 Å². The van der Waals surface area contributed by atoms with Gasteiger partial charge >= 0.3 is 0 Å². The van der Waals surface area contributed by atoms with E-state index >= 15 is 0 Å². The molecule has 0 fully saturated rings. The Labute approximate surface area is 141 Å². The van der Waals surface area contributed by atoms with Crippen LogP contribution in [0.3, 0.4) is 0 Å². The zero-order chi connectivity index (χ0) is 17.2. The second-order valence-corrected chi connectivity index (χ2v) is 5.34. The van der Waals surface area contributed by atoms with Gasteiger partial charge in [0.25, 0.3) is 5.91 Å². The monoisotopic (exact) mass is 338 g/mol. The van der Waals surface area contributed by atoms with Crippen molar-refractivity contribution in [2.24, 2.45) is 7.05 Å². The van der Waals surface area contributed by atoms with Crippen LogP contribution in [-0.2, 0) is 13.6 Å². The van der Waals surface area contributed by atoms with Gasteiger partial charge in [0, 0.05) is 19.3 Å². The molecular formula is C16H14N6O3. The molecular weight excluding hydrogens is 324 g/mol. The highest BCUT2D eigenvalue weighted by molar-refractivity contribution is 5.93. The van der Waals surface area contributed by atoms with Crippen LogP contribution >= 0.6 is 0 Å². The van der Waals surface area contributed by atoms with Gasteiger partial charge in [-0.05, 0) is 24.3 Å². The molecule has 9 nitrogen and oxygen atoms in total. The molecule has 0 unspecified atom stereocenters. The zero-order valence-corrected chi connectivity index (χ0v) is 13.3. The summed E-state index contributed by atoms with van der Waals surface area (Å²) < 4.78 is 12.3. The first-order valence-corrected chi connectivity index (χ1v) is 7.52. The van der Waals surface area contributed by atoms with Crippen molar-refractivity contribution >= 4 is 5.91 Å². The van der Waals surface area contributed by atoms with E-state index < -0.39 is 0 Å². The SMILES string of the molecule is Cn1cccc1-c1noc(CNC(=O)c2cc(-c3ccco3)[nH]n2)n1. The fourth-order valence-electron chi connectivity index (χ4n) is 2.37. The lowest BCUT2D eigenvalue weighted by Crippen LogP contribution is -2.23. The number of nitrogens with one attached hydrogen (secondary N) is 2. The third-order valence-electron chi connectivity index (χ3n) is 3.64. The number of nitrogens with zero attached hydrogens (tertiary/aromatic N) is 4. The largest absolute Gasteiger partial charge is 0.463 e. The number of furan rings is 1. The van der Waals surface area contributed by atoms with Gasteiger partial charge in [-0.3, -0.25) is 9.89 Å². The van der Waals surface area contributed by atoms with Crippen molar-refractivity contribution in [2.75, 3.05) is 0 Å². The van der Waals surface area contributed by atoms with E-state index in [-0.39, 0.29) is 18.1 Å². The highest BCUT2D eigenvalue weighted by Gasteiger charge is 2.15. The third-order valence-corrected chi connectivity index (χ3v) is 3.64. The Morgan fingerprint density at radius 3 is 3.04 bits per heavy atom. The van der Waals surface area contributed by atoms with Gasteiger partial charge < -0.3 is 18.8 Å². The van der Waals surface area contributed by atoms with Crippen molar-refractivity contribution in [2.45, 2.75) is 6.54 Å². The molecule has 4 rings (SSSR count). The normalized spacial score (nSPS) is 10.9. The molecule has 9 heteroatoms. The Hall–Kier alpha value is -3.62. The number of aromatic amines is 1. The van der Waals surface area contributed by atoms with Crippen molar-refractivity contribution in [1.29, 1.82) is 0 Å². The Bertz CT molecular complexity index is 995. The average molecular weight is 338 g/mol. The number of carbonyl (C=O) groups excluding carboxylic acids is 1. The molecule has 1 amide bonds. The number of H-pyrrole nitrogens is 1. The van der Waals surface area contributed by atoms with Crippen LogP contribution in [0.4, 0.5) is 0 Å². The van der Waals surface area contributed by atoms with E-state index in [1.807, 2.05) is 29.9 Å². The third kappa shape index (κ3) is 2.94. The van der Waals surface area contributed by atoms with E-state index in [0.29, 0.717) is 23.2 Å². The summed E-state index contributed by atoms with van der Waals surface area (Å²) in [6, 6.07) is 8.92. The minimum atomic E-state index is -0.354.